The first-order chi connectivity index (χ1) is 11.5. The van der Waals surface area contributed by atoms with E-state index in [0.29, 0.717) is 25.9 Å². The highest BCUT2D eigenvalue weighted by Gasteiger charge is 2.42. The normalized spacial score (nSPS) is 15.9. The zero-order valence-corrected chi connectivity index (χ0v) is 14.2. The van der Waals surface area contributed by atoms with Crippen molar-refractivity contribution in [1.82, 2.24) is 15.1 Å². The molecule has 1 aliphatic heterocycles. The van der Waals surface area contributed by atoms with E-state index in [1.165, 1.54) is 12.1 Å². The zero-order chi connectivity index (χ0) is 17.2. The minimum atomic E-state index is -0.899. The lowest BCUT2D eigenvalue weighted by molar-refractivity contribution is -0.126. The molecule has 4 N–H and O–H groups in total. The summed E-state index contributed by atoms with van der Waals surface area (Å²) in [5.41, 5.74) is 4.38. The number of nitrogens with two attached hydrogens (primary N) is 1. The van der Waals surface area contributed by atoms with Gasteiger partial charge in [0.25, 0.3) is 5.91 Å². The largest absolute Gasteiger partial charge is 0.366 e. The molecule has 0 radical (unpaired) electrons. The Hall–Kier alpha value is -2.45. The van der Waals surface area contributed by atoms with Gasteiger partial charge in [-0.2, -0.15) is 5.10 Å². The van der Waals surface area contributed by atoms with Crippen molar-refractivity contribution in [3.8, 4) is 0 Å². The van der Waals surface area contributed by atoms with Gasteiger partial charge in [0.2, 0.25) is 5.91 Å². The highest BCUT2D eigenvalue weighted by molar-refractivity contribution is 5.99. The number of hydrogen-bond donors (Lipinski definition) is 3. The molecule has 0 bridgehead atoms. The van der Waals surface area contributed by atoms with Crippen molar-refractivity contribution < 1.29 is 14.0 Å². The van der Waals surface area contributed by atoms with Gasteiger partial charge in [-0.05, 0) is 50.2 Å². The first-order valence-corrected chi connectivity index (χ1v) is 7.64. The average Bonchev–Trinajstić information content (AvgIpc) is 3.12. The minimum Gasteiger partial charge on any atom is -0.366 e. The second-order valence-corrected chi connectivity index (χ2v) is 5.75. The molecule has 2 heterocycles. The third-order valence-electron chi connectivity index (χ3n) is 4.30. The zero-order valence-electron chi connectivity index (χ0n) is 13.4. The van der Waals surface area contributed by atoms with Crippen molar-refractivity contribution in [3.63, 3.8) is 0 Å². The summed E-state index contributed by atoms with van der Waals surface area (Å²) < 4.78 is 15.6. The molecule has 1 aromatic carbocycles. The monoisotopic (exact) mass is 367 g/mol. The molecule has 0 aliphatic carbocycles. The maximum atomic E-state index is 14.0. The van der Waals surface area contributed by atoms with Gasteiger partial charge in [0.1, 0.15) is 11.4 Å². The molecule has 25 heavy (non-hydrogen) atoms. The topological polar surface area (TPSA) is 102 Å². The first-order valence-electron chi connectivity index (χ1n) is 7.64. The maximum absolute atomic E-state index is 14.0. The maximum Gasteiger partial charge on any atom is 0.252 e. The van der Waals surface area contributed by atoms with Gasteiger partial charge in [0, 0.05) is 18.0 Å². The van der Waals surface area contributed by atoms with Crippen LogP contribution in [0.5, 0.6) is 0 Å². The van der Waals surface area contributed by atoms with Gasteiger partial charge in [-0.15, -0.1) is 12.4 Å². The summed E-state index contributed by atoms with van der Waals surface area (Å²) in [5.74, 6) is -1.68. The smallest absolute Gasteiger partial charge is 0.252 e. The fourth-order valence-electron chi connectivity index (χ4n) is 2.94. The number of primary amides is 1. The Morgan fingerprint density at radius 3 is 2.64 bits per heavy atom. The first kappa shape index (κ1) is 18.9. The van der Waals surface area contributed by atoms with Crippen molar-refractivity contribution in [1.29, 1.82) is 0 Å². The summed E-state index contributed by atoms with van der Waals surface area (Å²) in [6, 6.07) is 5.37. The molecular weight excluding hydrogens is 349 g/mol. The quantitative estimate of drug-likeness (QED) is 0.757. The van der Waals surface area contributed by atoms with E-state index < -0.39 is 17.3 Å². The van der Waals surface area contributed by atoms with E-state index in [9.17, 15) is 14.0 Å². The van der Waals surface area contributed by atoms with E-state index in [4.69, 9.17) is 5.73 Å². The van der Waals surface area contributed by atoms with E-state index in [-0.39, 0.29) is 29.6 Å². The van der Waals surface area contributed by atoms with E-state index in [1.807, 2.05) is 0 Å². The van der Waals surface area contributed by atoms with Gasteiger partial charge < -0.3 is 16.4 Å². The molecule has 7 nitrogen and oxygen atoms in total. The van der Waals surface area contributed by atoms with Crippen LogP contribution in [-0.2, 0) is 10.3 Å². The Kier molecular flexibility index (Phi) is 5.76. The summed E-state index contributed by atoms with van der Waals surface area (Å²) in [6.07, 6.45) is 4.38. The molecule has 1 saturated heterocycles. The lowest BCUT2D eigenvalue weighted by atomic mass is 9.87. The van der Waals surface area contributed by atoms with Crippen LogP contribution in [-0.4, -0.2) is 34.7 Å². The van der Waals surface area contributed by atoms with Crippen LogP contribution in [0.3, 0.4) is 0 Å². The molecule has 1 fully saturated rings. The molecule has 0 atom stereocenters. The van der Waals surface area contributed by atoms with Crippen LogP contribution in [0.25, 0.3) is 0 Å². The third kappa shape index (κ3) is 3.64. The van der Waals surface area contributed by atoms with Gasteiger partial charge in [-0.3, -0.25) is 14.3 Å². The molecule has 0 spiro atoms. The van der Waals surface area contributed by atoms with Crippen LogP contribution in [0, 0.1) is 5.82 Å². The number of carbonyl (C=O) groups excluding carboxylic acids is 2. The predicted molar refractivity (Wildman–Crippen MR) is 93.1 cm³/mol. The number of amides is 2. The molecule has 9 heteroatoms. The molecule has 134 valence electrons. The molecule has 0 unspecified atom stereocenters. The third-order valence-corrected chi connectivity index (χ3v) is 4.30. The SMILES string of the molecule is Cl.NC(=O)c1ccc(F)c(NC(=O)C2(n3cccn3)CCNCC2)c1. The second-order valence-electron chi connectivity index (χ2n) is 5.75. The standard InChI is InChI=1S/C16H18FN5O2.ClH/c17-12-3-2-11(14(18)23)10-13(12)21-15(24)16(4-7-19-8-5-16)22-9-1-6-20-22;/h1-3,6,9-10,19H,4-5,7-8H2,(H2,18,23)(H,21,24);1H. The number of carbonyl (C=O) groups is 2. The van der Waals surface area contributed by atoms with Gasteiger partial charge in [-0.25, -0.2) is 4.39 Å². The molecule has 1 aliphatic rings. The molecule has 2 aromatic rings. The van der Waals surface area contributed by atoms with Crippen molar-refractivity contribution >= 4 is 29.9 Å². The van der Waals surface area contributed by atoms with Gasteiger partial charge >= 0.3 is 0 Å². The van der Waals surface area contributed by atoms with Crippen LogP contribution in [0.2, 0.25) is 0 Å². The van der Waals surface area contributed by atoms with Crippen molar-refractivity contribution in [2.45, 2.75) is 18.4 Å². The van der Waals surface area contributed by atoms with Gasteiger partial charge in [-0.1, -0.05) is 0 Å². The summed E-state index contributed by atoms with van der Waals surface area (Å²) in [4.78, 5) is 24.2. The lowest BCUT2D eigenvalue weighted by Crippen LogP contribution is -2.52. The fourth-order valence-corrected chi connectivity index (χ4v) is 2.94. The Balaban J connectivity index is 0.00000225. The van der Waals surface area contributed by atoms with Crippen molar-refractivity contribution in [2.75, 3.05) is 18.4 Å². The molecule has 0 saturated carbocycles. The summed E-state index contributed by atoms with van der Waals surface area (Å²) in [6.45, 7) is 1.30. The van der Waals surface area contributed by atoms with E-state index >= 15 is 0 Å². The van der Waals surface area contributed by atoms with E-state index in [1.54, 1.807) is 23.1 Å². The predicted octanol–water partition coefficient (Wildman–Crippen LogP) is 1.26. The van der Waals surface area contributed by atoms with E-state index in [2.05, 4.69) is 15.7 Å². The molecule has 1 aromatic heterocycles. The Morgan fingerprint density at radius 2 is 2.04 bits per heavy atom. The number of anilines is 1. The number of rotatable bonds is 4. The number of hydrogen-bond acceptors (Lipinski definition) is 4. The highest BCUT2D eigenvalue weighted by Crippen LogP contribution is 2.29. The number of halogens is 2. The van der Waals surface area contributed by atoms with Crippen LogP contribution in [0.15, 0.2) is 36.7 Å². The van der Waals surface area contributed by atoms with Gasteiger partial charge in [0.15, 0.2) is 0 Å². The van der Waals surface area contributed by atoms with Crippen molar-refractivity contribution in [2.24, 2.45) is 5.73 Å². The van der Waals surface area contributed by atoms with Crippen LogP contribution in [0.4, 0.5) is 10.1 Å². The summed E-state index contributed by atoms with van der Waals surface area (Å²) in [5, 5.41) is 10.00. The molecule has 3 rings (SSSR count). The number of benzene rings is 1. The minimum absolute atomic E-state index is 0. The molecule has 2 amide bonds. The van der Waals surface area contributed by atoms with Crippen molar-refractivity contribution in [3.05, 3.63) is 48.0 Å². The average molecular weight is 368 g/mol. The van der Waals surface area contributed by atoms with E-state index in [0.717, 1.165) is 6.07 Å². The summed E-state index contributed by atoms with van der Waals surface area (Å²) in [7, 11) is 0. The fraction of sp³-hybridized carbons (Fsp3) is 0.312. The number of nitrogens with one attached hydrogen (secondary N) is 2. The second kappa shape index (κ2) is 7.62. The molecular formula is C16H19ClFN5O2. The lowest BCUT2D eigenvalue weighted by Gasteiger charge is -2.36. The van der Waals surface area contributed by atoms with Crippen LogP contribution >= 0.6 is 12.4 Å². The number of piperidine rings is 1. The van der Waals surface area contributed by atoms with Crippen LogP contribution in [0.1, 0.15) is 23.2 Å². The Labute approximate surface area is 150 Å². The number of nitrogens with zero attached hydrogens (tertiary/aromatic N) is 2. The number of aromatic nitrogens is 2. The Bertz CT molecular complexity index is 760. The van der Waals surface area contributed by atoms with Gasteiger partial charge in [0.05, 0.1) is 5.69 Å². The highest BCUT2D eigenvalue weighted by atomic mass is 35.5. The summed E-state index contributed by atoms with van der Waals surface area (Å²) >= 11 is 0. The van der Waals surface area contributed by atoms with Crippen LogP contribution < -0.4 is 16.4 Å². The Morgan fingerprint density at radius 1 is 1.32 bits per heavy atom.